The molecule has 146 valence electrons. The molecule has 4 rings (SSSR count). The molecule has 0 atom stereocenters. The Morgan fingerprint density at radius 2 is 2.00 bits per heavy atom. The quantitative estimate of drug-likeness (QED) is 0.643. The third-order valence-electron chi connectivity index (χ3n) is 4.51. The molecule has 8 heteroatoms. The Bertz CT molecular complexity index is 952. The molecule has 7 nitrogen and oxygen atoms in total. The Morgan fingerprint density at radius 3 is 2.64 bits per heavy atom. The summed E-state index contributed by atoms with van der Waals surface area (Å²) in [6.07, 6.45) is 3.23. The van der Waals surface area contributed by atoms with Gasteiger partial charge < -0.3 is 19.1 Å². The lowest BCUT2D eigenvalue weighted by Gasteiger charge is -2.41. The average molecular weight is 384 g/mol. The van der Waals surface area contributed by atoms with E-state index in [2.05, 4.69) is 15.1 Å². The monoisotopic (exact) mass is 384 g/mol. The van der Waals surface area contributed by atoms with Crippen molar-refractivity contribution in [3.63, 3.8) is 0 Å². The first-order valence-corrected chi connectivity index (χ1v) is 9.00. The predicted octanol–water partition coefficient (Wildman–Crippen LogP) is 3.40. The molecule has 0 saturated heterocycles. The van der Waals surface area contributed by atoms with Crippen molar-refractivity contribution in [3.8, 4) is 29.0 Å². The Kier molecular flexibility index (Phi) is 4.62. The standard InChI is InChI=1S/C20H20FN3O4/c1-12(2)26-19-7-14(5-6-22-19)20(21)9-15(10-20)27-18-4-3-13(11-23-18)16-8-17(25)24-28-16/h3-8,11-12,15H,9-10H2,1-2H3,(H,24,25)/p-1. The highest BCUT2D eigenvalue weighted by Gasteiger charge is 2.48. The minimum absolute atomic E-state index is 0.0259. The maximum Gasteiger partial charge on any atom is 0.213 e. The molecule has 0 unspecified atom stereocenters. The number of ether oxygens (including phenoxy) is 2. The summed E-state index contributed by atoms with van der Waals surface area (Å²) in [5, 5.41) is 14.4. The van der Waals surface area contributed by atoms with E-state index in [0.717, 1.165) is 0 Å². The highest BCUT2D eigenvalue weighted by Crippen LogP contribution is 2.47. The summed E-state index contributed by atoms with van der Waals surface area (Å²) in [6.45, 7) is 3.79. The molecule has 1 aliphatic rings. The fourth-order valence-corrected chi connectivity index (χ4v) is 3.14. The number of hydrogen-bond acceptors (Lipinski definition) is 7. The van der Waals surface area contributed by atoms with Crippen LogP contribution >= 0.6 is 0 Å². The van der Waals surface area contributed by atoms with Gasteiger partial charge in [-0.15, -0.1) is 0 Å². The van der Waals surface area contributed by atoms with Gasteiger partial charge in [0.05, 0.1) is 6.10 Å². The molecule has 0 N–H and O–H groups in total. The third-order valence-corrected chi connectivity index (χ3v) is 4.51. The fourth-order valence-electron chi connectivity index (χ4n) is 3.14. The average Bonchev–Trinajstić information content (AvgIpc) is 3.07. The van der Waals surface area contributed by atoms with Gasteiger partial charge in [-0.25, -0.2) is 14.4 Å². The number of aromatic nitrogens is 3. The molecular formula is C20H19FN3O4-. The van der Waals surface area contributed by atoms with Gasteiger partial charge in [-0.1, -0.05) is 5.16 Å². The predicted molar refractivity (Wildman–Crippen MR) is 95.6 cm³/mol. The second-order valence-electron chi connectivity index (χ2n) is 7.08. The van der Waals surface area contributed by atoms with Crippen molar-refractivity contribution < 1.29 is 23.5 Å². The summed E-state index contributed by atoms with van der Waals surface area (Å²) >= 11 is 0. The fraction of sp³-hybridized carbons (Fsp3) is 0.350. The summed E-state index contributed by atoms with van der Waals surface area (Å²) in [5.41, 5.74) is -0.308. The van der Waals surface area contributed by atoms with Crippen LogP contribution < -0.4 is 14.6 Å². The molecule has 0 spiro atoms. The van der Waals surface area contributed by atoms with E-state index in [1.165, 1.54) is 12.3 Å². The van der Waals surface area contributed by atoms with Gasteiger partial charge >= 0.3 is 0 Å². The van der Waals surface area contributed by atoms with E-state index in [-0.39, 0.29) is 25.0 Å². The van der Waals surface area contributed by atoms with Gasteiger partial charge in [-0.05, 0) is 37.6 Å². The van der Waals surface area contributed by atoms with E-state index in [0.29, 0.717) is 28.6 Å². The zero-order valence-electron chi connectivity index (χ0n) is 15.5. The van der Waals surface area contributed by atoms with Crippen LogP contribution in [-0.2, 0) is 5.67 Å². The van der Waals surface area contributed by atoms with Crippen molar-refractivity contribution in [1.29, 1.82) is 0 Å². The van der Waals surface area contributed by atoms with Crippen LogP contribution in [0.5, 0.6) is 17.6 Å². The Morgan fingerprint density at radius 1 is 1.18 bits per heavy atom. The van der Waals surface area contributed by atoms with Crippen molar-refractivity contribution in [3.05, 3.63) is 48.3 Å². The van der Waals surface area contributed by atoms with Crippen molar-refractivity contribution in [2.45, 2.75) is 44.6 Å². The third kappa shape index (κ3) is 3.76. The highest BCUT2D eigenvalue weighted by atomic mass is 19.1. The van der Waals surface area contributed by atoms with Crippen LogP contribution in [0.3, 0.4) is 0 Å². The molecule has 28 heavy (non-hydrogen) atoms. The van der Waals surface area contributed by atoms with Crippen LogP contribution in [-0.4, -0.2) is 27.3 Å². The maximum atomic E-state index is 15.2. The molecule has 0 aliphatic heterocycles. The molecule has 1 saturated carbocycles. The van der Waals surface area contributed by atoms with Gasteiger partial charge in [-0.2, -0.15) is 0 Å². The van der Waals surface area contributed by atoms with Crippen LogP contribution in [0.1, 0.15) is 32.3 Å². The van der Waals surface area contributed by atoms with Gasteiger partial charge in [0.2, 0.25) is 11.8 Å². The van der Waals surface area contributed by atoms with E-state index >= 15 is 4.39 Å². The van der Waals surface area contributed by atoms with Crippen LogP contribution in [0.4, 0.5) is 4.39 Å². The molecule has 3 aromatic heterocycles. The summed E-state index contributed by atoms with van der Waals surface area (Å²) in [4.78, 5) is 8.30. The lowest BCUT2D eigenvalue weighted by atomic mass is 9.74. The molecule has 0 aromatic carbocycles. The van der Waals surface area contributed by atoms with Gasteiger partial charge in [0.25, 0.3) is 0 Å². The minimum atomic E-state index is -1.47. The highest BCUT2D eigenvalue weighted by molar-refractivity contribution is 5.56. The Hall–Kier alpha value is -3.16. The second-order valence-corrected chi connectivity index (χ2v) is 7.08. The van der Waals surface area contributed by atoms with Gasteiger partial charge in [-0.3, -0.25) is 0 Å². The first-order chi connectivity index (χ1) is 13.4. The topological polar surface area (TPSA) is 93.3 Å². The second kappa shape index (κ2) is 7.10. The molecule has 3 heterocycles. The number of alkyl halides is 1. The van der Waals surface area contributed by atoms with Crippen molar-refractivity contribution >= 4 is 0 Å². The summed E-state index contributed by atoms with van der Waals surface area (Å²) in [5.74, 6) is 0.700. The van der Waals surface area contributed by atoms with Gasteiger partial charge in [0.15, 0.2) is 5.76 Å². The van der Waals surface area contributed by atoms with Crippen molar-refractivity contribution in [1.82, 2.24) is 15.1 Å². The molecule has 0 amide bonds. The SMILES string of the molecule is CC(C)Oc1cc(C2(F)CC(Oc3ccc(-c4cc([O-])no4)cn3)C2)ccn1. The number of nitrogens with zero attached hydrogens (tertiary/aromatic N) is 3. The van der Waals surface area contributed by atoms with Crippen LogP contribution in [0, 0.1) is 0 Å². The smallest absolute Gasteiger partial charge is 0.213 e. The largest absolute Gasteiger partial charge is 0.856 e. The number of halogens is 1. The summed E-state index contributed by atoms with van der Waals surface area (Å²) in [7, 11) is 0. The van der Waals surface area contributed by atoms with E-state index < -0.39 is 11.5 Å². The van der Waals surface area contributed by atoms with Crippen LogP contribution in [0.2, 0.25) is 0 Å². The first-order valence-electron chi connectivity index (χ1n) is 9.00. The minimum Gasteiger partial charge on any atom is -0.856 e. The molecule has 1 aliphatic carbocycles. The number of rotatable bonds is 6. The van der Waals surface area contributed by atoms with E-state index in [1.54, 1.807) is 30.5 Å². The maximum absolute atomic E-state index is 15.2. The Balaban J connectivity index is 1.37. The van der Waals surface area contributed by atoms with Crippen molar-refractivity contribution in [2.24, 2.45) is 0 Å². The normalized spacial score (nSPS) is 21.4. The van der Waals surface area contributed by atoms with Crippen molar-refractivity contribution in [2.75, 3.05) is 0 Å². The summed E-state index contributed by atoms with van der Waals surface area (Å²) in [6, 6.07) is 7.96. The zero-order chi connectivity index (χ0) is 19.7. The molecule has 1 fully saturated rings. The lowest BCUT2D eigenvalue weighted by Crippen LogP contribution is -2.44. The van der Waals surface area contributed by atoms with Gasteiger partial charge in [0.1, 0.15) is 11.8 Å². The number of pyridine rings is 2. The first kappa shape index (κ1) is 18.2. The lowest BCUT2D eigenvalue weighted by molar-refractivity contribution is -0.277. The molecule has 3 aromatic rings. The molecular weight excluding hydrogens is 365 g/mol. The van der Waals surface area contributed by atoms with E-state index in [4.69, 9.17) is 14.0 Å². The molecule has 0 radical (unpaired) electrons. The van der Waals surface area contributed by atoms with E-state index in [1.807, 2.05) is 13.8 Å². The van der Waals surface area contributed by atoms with Gasteiger partial charge in [0, 0.05) is 48.8 Å². The van der Waals surface area contributed by atoms with Crippen LogP contribution in [0.25, 0.3) is 11.3 Å². The molecule has 0 bridgehead atoms. The number of hydrogen-bond donors (Lipinski definition) is 0. The zero-order valence-corrected chi connectivity index (χ0v) is 15.5. The van der Waals surface area contributed by atoms with Crippen LogP contribution in [0.15, 0.2) is 47.2 Å². The summed E-state index contributed by atoms with van der Waals surface area (Å²) < 4.78 is 31.4. The Labute approximate surface area is 161 Å². The van der Waals surface area contributed by atoms with E-state index in [9.17, 15) is 5.11 Å².